The Bertz CT molecular complexity index is 880. The molecular formula is C20H25N3O. The van der Waals surface area contributed by atoms with Crippen molar-refractivity contribution in [2.45, 2.75) is 47.0 Å². The molecule has 0 aliphatic carbocycles. The van der Waals surface area contributed by atoms with Crippen molar-refractivity contribution in [2.24, 2.45) is 0 Å². The first-order chi connectivity index (χ1) is 11.5. The molecule has 0 unspecified atom stereocenters. The van der Waals surface area contributed by atoms with Gasteiger partial charge < -0.3 is 4.74 Å². The van der Waals surface area contributed by atoms with Gasteiger partial charge in [-0.1, -0.05) is 13.3 Å². The van der Waals surface area contributed by atoms with E-state index < -0.39 is 0 Å². The summed E-state index contributed by atoms with van der Waals surface area (Å²) >= 11 is 0. The van der Waals surface area contributed by atoms with Crippen molar-refractivity contribution >= 4 is 10.9 Å². The lowest BCUT2D eigenvalue weighted by atomic mass is 10.1. The van der Waals surface area contributed by atoms with Crippen molar-refractivity contribution in [3.63, 3.8) is 0 Å². The van der Waals surface area contributed by atoms with Crippen LogP contribution in [0.2, 0.25) is 0 Å². The van der Waals surface area contributed by atoms with E-state index in [1.807, 2.05) is 22.9 Å². The molecule has 2 aromatic heterocycles. The number of aryl methyl sites for hydroxylation is 2. The number of fused-ring (bicyclic) bond motifs is 1. The van der Waals surface area contributed by atoms with E-state index in [-0.39, 0.29) is 0 Å². The van der Waals surface area contributed by atoms with E-state index in [1.54, 1.807) is 7.11 Å². The van der Waals surface area contributed by atoms with E-state index in [2.05, 4.69) is 33.8 Å². The molecule has 0 spiro atoms. The molecule has 3 rings (SSSR count). The maximum Gasteiger partial charge on any atom is 0.154 e. The third-order valence-electron chi connectivity index (χ3n) is 4.65. The molecule has 0 radical (unpaired) electrons. The minimum atomic E-state index is 0.855. The molecule has 0 bridgehead atoms. The predicted molar refractivity (Wildman–Crippen MR) is 98.2 cm³/mol. The van der Waals surface area contributed by atoms with Gasteiger partial charge in [-0.25, -0.2) is 9.67 Å². The van der Waals surface area contributed by atoms with Gasteiger partial charge in [0, 0.05) is 11.1 Å². The average Bonchev–Trinajstić information content (AvgIpc) is 2.87. The lowest BCUT2D eigenvalue weighted by Gasteiger charge is -2.10. The molecule has 3 aromatic rings. The number of methoxy groups -OCH3 is 1. The standard InChI is InChI=1S/C20H25N3O/c1-6-7-8-17-14(3)22-23(15(17)4)20-11-13(2)18-12-16(24-5)9-10-19(18)21-20/h9-12H,6-8H2,1-5H3. The van der Waals surface area contributed by atoms with Gasteiger partial charge in [0.1, 0.15) is 5.75 Å². The molecule has 4 heteroatoms. The third kappa shape index (κ3) is 2.88. The third-order valence-corrected chi connectivity index (χ3v) is 4.65. The van der Waals surface area contributed by atoms with Crippen LogP contribution in [0, 0.1) is 20.8 Å². The summed E-state index contributed by atoms with van der Waals surface area (Å²) in [5.41, 5.74) is 5.80. The summed E-state index contributed by atoms with van der Waals surface area (Å²) in [4.78, 5) is 4.82. The molecule has 0 saturated carbocycles. The number of rotatable bonds is 5. The first-order valence-corrected chi connectivity index (χ1v) is 8.56. The fourth-order valence-electron chi connectivity index (χ4n) is 3.20. The van der Waals surface area contributed by atoms with Crippen LogP contribution in [0.1, 0.15) is 42.3 Å². The molecule has 2 heterocycles. The number of unbranched alkanes of at least 4 members (excludes halogenated alkanes) is 1. The first-order valence-electron chi connectivity index (χ1n) is 8.56. The number of hydrogen-bond acceptors (Lipinski definition) is 3. The van der Waals surface area contributed by atoms with Crippen LogP contribution in [-0.2, 0) is 6.42 Å². The van der Waals surface area contributed by atoms with Crippen LogP contribution in [0.4, 0.5) is 0 Å². The molecule has 126 valence electrons. The van der Waals surface area contributed by atoms with Crippen LogP contribution < -0.4 is 4.74 Å². The van der Waals surface area contributed by atoms with Gasteiger partial charge in [-0.15, -0.1) is 0 Å². The van der Waals surface area contributed by atoms with Crippen molar-refractivity contribution in [2.75, 3.05) is 7.11 Å². The van der Waals surface area contributed by atoms with E-state index in [0.717, 1.165) is 34.6 Å². The van der Waals surface area contributed by atoms with Crippen LogP contribution in [0.3, 0.4) is 0 Å². The van der Waals surface area contributed by atoms with Crippen molar-refractivity contribution < 1.29 is 4.74 Å². The molecular weight excluding hydrogens is 298 g/mol. The van der Waals surface area contributed by atoms with Crippen molar-refractivity contribution in [1.82, 2.24) is 14.8 Å². The number of pyridine rings is 1. The molecule has 24 heavy (non-hydrogen) atoms. The normalized spacial score (nSPS) is 11.2. The summed E-state index contributed by atoms with van der Waals surface area (Å²) in [5.74, 6) is 1.74. The Morgan fingerprint density at radius 2 is 1.92 bits per heavy atom. The van der Waals surface area contributed by atoms with Gasteiger partial charge in [0.15, 0.2) is 5.82 Å². The summed E-state index contributed by atoms with van der Waals surface area (Å²) in [6.07, 6.45) is 3.47. The van der Waals surface area contributed by atoms with Gasteiger partial charge in [-0.3, -0.25) is 0 Å². The Labute approximate surface area is 143 Å². The van der Waals surface area contributed by atoms with Crippen LogP contribution in [0.25, 0.3) is 16.7 Å². The minimum absolute atomic E-state index is 0.855. The number of aromatic nitrogens is 3. The van der Waals surface area contributed by atoms with Gasteiger partial charge >= 0.3 is 0 Å². The maximum absolute atomic E-state index is 5.32. The zero-order valence-electron chi connectivity index (χ0n) is 15.2. The van der Waals surface area contributed by atoms with Gasteiger partial charge in [0.25, 0.3) is 0 Å². The smallest absolute Gasteiger partial charge is 0.154 e. The summed E-state index contributed by atoms with van der Waals surface area (Å²) in [5, 5.41) is 5.86. The summed E-state index contributed by atoms with van der Waals surface area (Å²) in [7, 11) is 1.69. The minimum Gasteiger partial charge on any atom is -0.497 e. The maximum atomic E-state index is 5.32. The fourth-order valence-corrected chi connectivity index (χ4v) is 3.20. The second kappa shape index (κ2) is 6.63. The molecule has 1 aromatic carbocycles. The van der Waals surface area contributed by atoms with Crippen molar-refractivity contribution in [3.05, 3.63) is 46.8 Å². The van der Waals surface area contributed by atoms with Crippen LogP contribution in [0.5, 0.6) is 5.75 Å². The number of hydrogen-bond donors (Lipinski definition) is 0. The Kier molecular flexibility index (Phi) is 4.56. The number of benzene rings is 1. The van der Waals surface area contributed by atoms with Crippen LogP contribution >= 0.6 is 0 Å². The van der Waals surface area contributed by atoms with Crippen molar-refractivity contribution in [3.8, 4) is 11.6 Å². The molecule has 0 N–H and O–H groups in total. The monoisotopic (exact) mass is 323 g/mol. The zero-order chi connectivity index (χ0) is 17.3. The van der Waals surface area contributed by atoms with E-state index in [1.165, 1.54) is 29.7 Å². The predicted octanol–water partition coefficient (Wildman–Crippen LogP) is 4.70. The van der Waals surface area contributed by atoms with Gasteiger partial charge in [0.05, 0.1) is 18.3 Å². The van der Waals surface area contributed by atoms with Gasteiger partial charge in [-0.05, 0) is 69.0 Å². The zero-order valence-corrected chi connectivity index (χ0v) is 15.2. The fraction of sp³-hybridized carbons (Fsp3) is 0.400. The number of ether oxygens (including phenoxy) is 1. The largest absolute Gasteiger partial charge is 0.497 e. The van der Waals surface area contributed by atoms with E-state index in [0.29, 0.717) is 0 Å². The highest BCUT2D eigenvalue weighted by Crippen LogP contribution is 2.26. The summed E-state index contributed by atoms with van der Waals surface area (Å²) < 4.78 is 7.31. The second-order valence-electron chi connectivity index (χ2n) is 6.35. The van der Waals surface area contributed by atoms with Gasteiger partial charge in [0.2, 0.25) is 0 Å². The Morgan fingerprint density at radius 3 is 2.62 bits per heavy atom. The van der Waals surface area contributed by atoms with Gasteiger partial charge in [-0.2, -0.15) is 5.10 Å². The Hall–Kier alpha value is -2.36. The number of nitrogens with zero attached hydrogens (tertiary/aromatic N) is 3. The molecule has 4 nitrogen and oxygen atoms in total. The highest BCUT2D eigenvalue weighted by Gasteiger charge is 2.14. The quantitative estimate of drug-likeness (QED) is 0.683. The summed E-state index contributed by atoms with van der Waals surface area (Å²) in [6.45, 7) is 8.56. The average molecular weight is 323 g/mol. The topological polar surface area (TPSA) is 39.9 Å². The molecule has 0 aliphatic rings. The SMILES string of the molecule is CCCCc1c(C)nn(-c2cc(C)c3cc(OC)ccc3n2)c1C. The molecule has 0 saturated heterocycles. The van der Waals surface area contributed by atoms with Crippen LogP contribution in [-0.4, -0.2) is 21.9 Å². The Balaban J connectivity index is 2.10. The molecule has 0 aliphatic heterocycles. The summed E-state index contributed by atoms with van der Waals surface area (Å²) in [6, 6.07) is 8.10. The Morgan fingerprint density at radius 1 is 1.12 bits per heavy atom. The highest BCUT2D eigenvalue weighted by atomic mass is 16.5. The van der Waals surface area contributed by atoms with E-state index >= 15 is 0 Å². The van der Waals surface area contributed by atoms with E-state index in [4.69, 9.17) is 14.8 Å². The highest BCUT2D eigenvalue weighted by molar-refractivity contribution is 5.84. The molecule has 0 fully saturated rings. The molecule has 0 amide bonds. The lowest BCUT2D eigenvalue weighted by Crippen LogP contribution is -2.03. The van der Waals surface area contributed by atoms with Crippen LogP contribution in [0.15, 0.2) is 24.3 Å². The second-order valence-corrected chi connectivity index (χ2v) is 6.35. The van der Waals surface area contributed by atoms with Crippen molar-refractivity contribution in [1.29, 1.82) is 0 Å². The first kappa shape index (κ1) is 16.5. The molecule has 0 atom stereocenters. The van der Waals surface area contributed by atoms with E-state index in [9.17, 15) is 0 Å². The lowest BCUT2D eigenvalue weighted by molar-refractivity contribution is 0.415.